The third-order valence-corrected chi connectivity index (χ3v) is 6.60. The number of carbonyl (C=O) groups is 1. The molecule has 3 aromatic heterocycles. The number of rotatable bonds is 7. The van der Waals surface area contributed by atoms with Gasteiger partial charge in [-0.3, -0.25) is 9.29 Å². The van der Waals surface area contributed by atoms with Crippen LogP contribution in [0.5, 0.6) is 11.5 Å². The average Bonchev–Trinajstić information content (AvgIpc) is 3.20. The number of fused-ring (bicyclic) bond motifs is 1. The van der Waals surface area contributed by atoms with Crippen molar-refractivity contribution in [2.24, 2.45) is 0 Å². The lowest BCUT2D eigenvalue weighted by Gasteiger charge is -2.22. The molecule has 4 rings (SSSR count). The number of aromatic nitrogens is 3. The van der Waals surface area contributed by atoms with Crippen LogP contribution in [0.3, 0.4) is 0 Å². The van der Waals surface area contributed by atoms with Crippen molar-refractivity contribution in [1.29, 1.82) is 0 Å². The van der Waals surface area contributed by atoms with E-state index in [-0.39, 0.29) is 28.5 Å². The summed E-state index contributed by atoms with van der Waals surface area (Å²) in [6.45, 7) is 3.41. The second kappa shape index (κ2) is 8.87. The fourth-order valence-electron chi connectivity index (χ4n) is 3.22. The van der Waals surface area contributed by atoms with Crippen molar-refractivity contribution in [3.63, 3.8) is 0 Å². The van der Waals surface area contributed by atoms with Crippen LogP contribution in [0.2, 0.25) is 0 Å². The molecule has 0 atom stereocenters. The fourth-order valence-corrected chi connectivity index (χ4v) is 4.45. The SMILES string of the molecule is CCOC(=O)c1cnc2onc(C)c2c1N(C)S(=O)(=O)c1ccc(Oc2ccncc2)cc1. The van der Waals surface area contributed by atoms with Crippen LogP contribution < -0.4 is 9.04 Å². The van der Waals surface area contributed by atoms with Gasteiger partial charge in [-0.1, -0.05) is 5.16 Å². The van der Waals surface area contributed by atoms with E-state index in [1.54, 1.807) is 50.5 Å². The van der Waals surface area contributed by atoms with Gasteiger partial charge >= 0.3 is 5.97 Å². The number of aryl methyl sites for hydroxylation is 1. The highest BCUT2D eigenvalue weighted by Gasteiger charge is 2.30. The van der Waals surface area contributed by atoms with Crippen molar-refractivity contribution < 1.29 is 27.2 Å². The van der Waals surface area contributed by atoms with Crippen LogP contribution in [0.1, 0.15) is 23.0 Å². The first kappa shape index (κ1) is 22.2. The first-order chi connectivity index (χ1) is 15.8. The molecular formula is C22H20N4O6S. The number of sulfonamides is 1. The maximum Gasteiger partial charge on any atom is 0.341 e. The molecule has 0 unspecified atom stereocenters. The lowest BCUT2D eigenvalue weighted by atomic mass is 10.1. The molecular weight excluding hydrogens is 448 g/mol. The largest absolute Gasteiger partial charge is 0.462 e. The van der Waals surface area contributed by atoms with Crippen molar-refractivity contribution in [1.82, 2.24) is 15.1 Å². The van der Waals surface area contributed by atoms with Gasteiger partial charge in [-0.15, -0.1) is 0 Å². The van der Waals surface area contributed by atoms with E-state index in [0.29, 0.717) is 22.6 Å². The van der Waals surface area contributed by atoms with Gasteiger partial charge in [0.15, 0.2) is 0 Å². The second-order valence-corrected chi connectivity index (χ2v) is 8.89. The Morgan fingerprint density at radius 3 is 2.42 bits per heavy atom. The molecule has 0 bridgehead atoms. The van der Waals surface area contributed by atoms with E-state index in [9.17, 15) is 13.2 Å². The number of benzene rings is 1. The van der Waals surface area contributed by atoms with E-state index in [2.05, 4.69) is 15.1 Å². The number of nitrogens with zero attached hydrogens (tertiary/aromatic N) is 4. The maximum absolute atomic E-state index is 13.5. The molecule has 11 heteroatoms. The predicted octanol–water partition coefficient (Wildman–Crippen LogP) is 3.72. The molecule has 0 spiro atoms. The highest BCUT2D eigenvalue weighted by Crippen LogP contribution is 2.35. The Kier molecular flexibility index (Phi) is 5.97. The number of ether oxygens (including phenoxy) is 2. The molecule has 0 aliphatic rings. The zero-order valence-corrected chi connectivity index (χ0v) is 18.9. The number of anilines is 1. The van der Waals surface area contributed by atoms with E-state index in [4.69, 9.17) is 14.0 Å². The summed E-state index contributed by atoms with van der Waals surface area (Å²) < 4.78 is 43.9. The molecule has 0 saturated carbocycles. The summed E-state index contributed by atoms with van der Waals surface area (Å²) in [6, 6.07) is 9.30. The monoisotopic (exact) mass is 468 g/mol. The summed E-state index contributed by atoms with van der Waals surface area (Å²) in [5.41, 5.74) is 0.564. The quantitative estimate of drug-likeness (QED) is 0.373. The van der Waals surface area contributed by atoms with Gasteiger partial charge in [0.25, 0.3) is 15.7 Å². The third kappa shape index (κ3) is 4.22. The molecule has 0 fully saturated rings. The minimum Gasteiger partial charge on any atom is -0.462 e. The van der Waals surface area contributed by atoms with Gasteiger partial charge in [0.2, 0.25) is 0 Å². The first-order valence-electron chi connectivity index (χ1n) is 9.92. The van der Waals surface area contributed by atoms with Gasteiger partial charge in [-0.25, -0.2) is 18.2 Å². The van der Waals surface area contributed by atoms with Crippen molar-refractivity contribution in [3.8, 4) is 11.5 Å². The number of hydrogen-bond acceptors (Lipinski definition) is 9. The molecule has 170 valence electrons. The molecule has 0 amide bonds. The Hall–Kier alpha value is -3.99. The second-order valence-electron chi connectivity index (χ2n) is 6.92. The zero-order valence-electron chi connectivity index (χ0n) is 18.0. The standard InChI is InChI=1S/C22H20N4O6S/c1-4-30-22(27)18-13-24-21-19(14(2)25-32-21)20(18)26(3)33(28,29)17-7-5-15(6-8-17)31-16-9-11-23-12-10-16/h5-13H,4H2,1-3H3. The Morgan fingerprint density at radius 1 is 1.09 bits per heavy atom. The van der Waals surface area contributed by atoms with E-state index in [1.165, 1.54) is 25.4 Å². The van der Waals surface area contributed by atoms with E-state index in [1.807, 2.05) is 0 Å². The molecule has 3 heterocycles. The summed E-state index contributed by atoms with van der Waals surface area (Å²) in [6.07, 6.45) is 4.40. The van der Waals surface area contributed by atoms with Gasteiger partial charge in [0, 0.05) is 25.6 Å². The molecule has 0 aliphatic carbocycles. The minimum absolute atomic E-state index is 0.000886. The molecule has 33 heavy (non-hydrogen) atoms. The molecule has 4 aromatic rings. The smallest absolute Gasteiger partial charge is 0.341 e. The number of pyridine rings is 2. The van der Waals surface area contributed by atoms with Crippen molar-refractivity contribution in [3.05, 3.63) is 66.2 Å². The Morgan fingerprint density at radius 2 is 1.76 bits per heavy atom. The van der Waals surface area contributed by atoms with E-state index < -0.39 is 16.0 Å². The van der Waals surface area contributed by atoms with E-state index in [0.717, 1.165) is 4.31 Å². The van der Waals surface area contributed by atoms with Crippen LogP contribution in [0.15, 0.2) is 64.4 Å². The molecule has 0 saturated heterocycles. The topological polar surface area (TPSA) is 125 Å². The number of hydrogen-bond donors (Lipinski definition) is 0. The summed E-state index contributed by atoms with van der Waals surface area (Å²) in [5.74, 6) is 0.320. The highest BCUT2D eigenvalue weighted by atomic mass is 32.2. The van der Waals surface area contributed by atoms with Gasteiger partial charge in [0.05, 0.1) is 28.3 Å². The normalized spacial score (nSPS) is 11.4. The van der Waals surface area contributed by atoms with Crippen LogP contribution in [-0.2, 0) is 14.8 Å². The van der Waals surface area contributed by atoms with E-state index >= 15 is 0 Å². The summed E-state index contributed by atoms with van der Waals surface area (Å²) in [4.78, 5) is 20.6. The molecule has 10 nitrogen and oxygen atoms in total. The average molecular weight is 468 g/mol. The maximum atomic E-state index is 13.5. The zero-order chi connectivity index (χ0) is 23.6. The van der Waals surface area contributed by atoms with Crippen LogP contribution in [0.4, 0.5) is 5.69 Å². The highest BCUT2D eigenvalue weighted by molar-refractivity contribution is 7.92. The van der Waals surface area contributed by atoms with Crippen LogP contribution in [0.25, 0.3) is 11.1 Å². The predicted molar refractivity (Wildman–Crippen MR) is 119 cm³/mol. The first-order valence-corrected chi connectivity index (χ1v) is 11.4. The van der Waals surface area contributed by atoms with Gasteiger partial charge in [0.1, 0.15) is 17.1 Å². The summed E-state index contributed by atoms with van der Waals surface area (Å²) in [7, 11) is -2.73. The molecule has 0 N–H and O–H groups in total. The van der Waals surface area contributed by atoms with Crippen molar-refractivity contribution >= 4 is 32.8 Å². The van der Waals surface area contributed by atoms with Gasteiger partial charge < -0.3 is 14.0 Å². The third-order valence-electron chi connectivity index (χ3n) is 4.83. The van der Waals surface area contributed by atoms with Crippen LogP contribution in [-0.4, -0.2) is 43.2 Å². The van der Waals surface area contributed by atoms with Gasteiger partial charge in [-0.05, 0) is 50.2 Å². The molecule has 0 aliphatic heterocycles. The van der Waals surface area contributed by atoms with Crippen molar-refractivity contribution in [2.75, 3.05) is 18.0 Å². The number of esters is 1. The van der Waals surface area contributed by atoms with Crippen LogP contribution >= 0.6 is 0 Å². The van der Waals surface area contributed by atoms with Crippen LogP contribution in [0, 0.1) is 6.92 Å². The molecule has 1 aromatic carbocycles. The Labute approximate surface area is 189 Å². The summed E-state index contributed by atoms with van der Waals surface area (Å²) in [5, 5.41) is 4.17. The lowest BCUT2D eigenvalue weighted by molar-refractivity contribution is 0.0527. The minimum atomic E-state index is -4.08. The Balaban J connectivity index is 1.74. The Bertz CT molecular complexity index is 1400. The van der Waals surface area contributed by atoms with Crippen molar-refractivity contribution in [2.45, 2.75) is 18.7 Å². The number of carbonyl (C=O) groups excluding carboxylic acids is 1. The fraction of sp³-hybridized carbons (Fsp3) is 0.182. The lowest BCUT2D eigenvalue weighted by Crippen LogP contribution is -2.29. The van der Waals surface area contributed by atoms with Gasteiger partial charge in [-0.2, -0.15) is 0 Å². The molecule has 0 radical (unpaired) electrons. The summed E-state index contributed by atoms with van der Waals surface area (Å²) >= 11 is 0.